The van der Waals surface area contributed by atoms with Gasteiger partial charge in [-0.05, 0) is 57.9 Å². The van der Waals surface area contributed by atoms with Crippen molar-refractivity contribution in [3.05, 3.63) is 23.8 Å². The molecule has 2 N–H and O–H groups in total. The monoisotopic (exact) mass is 320 g/mol. The summed E-state index contributed by atoms with van der Waals surface area (Å²) in [6.45, 7) is 8.08. The minimum Gasteiger partial charge on any atom is -0.490 e. The lowest BCUT2D eigenvalue weighted by molar-refractivity contribution is -0.122. The Labute approximate surface area is 138 Å². The minimum absolute atomic E-state index is 0.0567. The van der Waals surface area contributed by atoms with Crippen molar-refractivity contribution in [2.75, 3.05) is 19.8 Å². The van der Waals surface area contributed by atoms with E-state index in [1.54, 1.807) is 0 Å². The van der Waals surface area contributed by atoms with Gasteiger partial charge in [0.25, 0.3) is 0 Å². The molecule has 1 aliphatic heterocycles. The van der Waals surface area contributed by atoms with Gasteiger partial charge in [0, 0.05) is 12.5 Å². The van der Waals surface area contributed by atoms with Crippen LogP contribution in [0, 0.1) is 0 Å². The van der Waals surface area contributed by atoms with E-state index in [0.29, 0.717) is 25.7 Å². The van der Waals surface area contributed by atoms with Crippen LogP contribution >= 0.6 is 0 Å². The molecule has 0 saturated carbocycles. The molecule has 1 fully saturated rings. The molecule has 0 spiro atoms. The highest BCUT2D eigenvalue weighted by Crippen LogP contribution is 2.30. The van der Waals surface area contributed by atoms with Crippen LogP contribution in [0.15, 0.2) is 18.2 Å². The van der Waals surface area contributed by atoms with Crippen molar-refractivity contribution in [3.8, 4) is 11.5 Å². The van der Waals surface area contributed by atoms with Crippen molar-refractivity contribution in [2.45, 2.75) is 52.1 Å². The molecule has 2 atom stereocenters. The summed E-state index contributed by atoms with van der Waals surface area (Å²) in [6, 6.07) is 6.10. The van der Waals surface area contributed by atoms with Crippen LogP contribution in [0.5, 0.6) is 11.5 Å². The summed E-state index contributed by atoms with van der Waals surface area (Å²) < 4.78 is 11.2. The predicted molar refractivity (Wildman–Crippen MR) is 91.0 cm³/mol. The second kappa shape index (κ2) is 8.77. The van der Waals surface area contributed by atoms with E-state index in [0.717, 1.165) is 36.4 Å². The Hall–Kier alpha value is -1.75. The Morgan fingerprint density at radius 1 is 1.30 bits per heavy atom. The van der Waals surface area contributed by atoms with Crippen LogP contribution in [0.3, 0.4) is 0 Å². The van der Waals surface area contributed by atoms with E-state index in [-0.39, 0.29) is 11.9 Å². The van der Waals surface area contributed by atoms with Crippen molar-refractivity contribution >= 4 is 5.91 Å². The maximum absolute atomic E-state index is 12.2. The molecule has 1 aliphatic rings. The summed E-state index contributed by atoms with van der Waals surface area (Å²) in [6.07, 6.45) is 2.78. The fourth-order valence-electron chi connectivity index (χ4n) is 2.88. The summed E-state index contributed by atoms with van der Waals surface area (Å²) in [4.78, 5) is 12.2. The predicted octanol–water partition coefficient (Wildman–Crippen LogP) is 2.80. The minimum atomic E-state index is -0.0567. The molecular formula is C18H28N2O3. The van der Waals surface area contributed by atoms with Gasteiger partial charge in [0.1, 0.15) is 0 Å². The molecule has 5 heteroatoms. The molecule has 2 unspecified atom stereocenters. The summed E-state index contributed by atoms with van der Waals surface area (Å²) in [5.74, 6) is 1.56. The Kier molecular flexibility index (Phi) is 6.71. The van der Waals surface area contributed by atoms with Gasteiger partial charge in [0.15, 0.2) is 11.5 Å². The molecule has 1 aromatic rings. The van der Waals surface area contributed by atoms with Crippen LogP contribution in [0.1, 0.15) is 51.6 Å². The van der Waals surface area contributed by atoms with Gasteiger partial charge in [-0.3, -0.25) is 4.79 Å². The average Bonchev–Trinajstić information content (AvgIpc) is 3.02. The molecule has 128 valence electrons. The van der Waals surface area contributed by atoms with E-state index in [9.17, 15) is 4.79 Å². The zero-order chi connectivity index (χ0) is 16.7. The molecule has 2 rings (SSSR count). The molecule has 1 heterocycles. The standard InChI is InChI=1S/C18H28N2O3/c1-4-22-16-9-8-14(11-17(16)23-5-2)13(3)20-18(21)12-15-7-6-10-19-15/h8-9,11,13,15,19H,4-7,10,12H2,1-3H3,(H,20,21). The van der Waals surface area contributed by atoms with E-state index in [2.05, 4.69) is 10.6 Å². The molecule has 1 saturated heterocycles. The number of ether oxygens (including phenoxy) is 2. The van der Waals surface area contributed by atoms with Crippen LogP contribution in [0.25, 0.3) is 0 Å². The smallest absolute Gasteiger partial charge is 0.222 e. The van der Waals surface area contributed by atoms with Gasteiger partial charge in [0.2, 0.25) is 5.91 Å². The molecule has 1 aromatic carbocycles. The van der Waals surface area contributed by atoms with Crippen LogP contribution in [-0.2, 0) is 4.79 Å². The van der Waals surface area contributed by atoms with Gasteiger partial charge < -0.3 is 20.1 Å². The lowest BCUT2D eigenvalue weighted by Gasteiger charge is -2.18. The van der Waals surface area contributed by atoms with Crippen molar-refractivity contribution in [1.82, 2.24) is 10.6 Å². The second-order valence-electron chi connectivity index (χ2n) is 5.86. The summed E-state index contributed by atoms with van der Waals surface area (Å²) in [5.41, 5.74) is 1.02. The maximum atomic E-state index is 12.2. The number of amides is 1. The lowest BCUT2D eigenvalue weighted by atomic mass is 10.1. The normalized spacial score (nSPS) is 18.5. The number of benzene rings is 1. The summed E-state index contributed by atoms with van der Waals surface area (Å²) in [7, 11) is 0. The molecule has 0 aromatic heterocycles. The molecule has 5 nitrogen and oxygen atoms in total. The SMILES string of the molecule is CCOc1ccc(C(C)NC(=O)CC2CCCN2)cc1OCC. The highest BCUT2D eigenvalue weighted by molar-refractivity contribution is 5.77. The number of hydrogen-bond donors (Lipinski definition) is 2. The molecule has 1 amide bonds. The van der Waals surface area contributed by atoms with Crippen molar-refractivity contribution in [2.24, 2.45) is 0 Å². The third kappa shape index (κ3) is 5.13. The third-order valence-corrected chi connectivity index (χ3v) is 4.04. The molecular weight excluding hydrogens is 292 g/mol. The summed E-state index contributed by atoms with van der Waals surface area (Å²) in [5, 5.41) is 6.42. The first-order valence-electron chi connectivity index (χ1n) is 8.56. The van der Waals surface area contributed by atoms with Crippen molar-refractivity contribution in [3.63, 3.8) is 0 Å². The zero-order valence-corrected chi connectivity index (χ0v) is 14.4. The fourth-order valence-corrected chi connectivity index (χ4v) is 2.88. The van der Waals surface area contributed by atoms with E-state index >= 15 is 0 Å². The Balaban J connectivity index is 1.98. The fraction of sp³-hybridized carbons (Fsp3) is 0.611. The topological polar surface area (TPSA) is 59.6 Å². The first-order valence-corrected chi connectivity index (χ1v) is 8.56. The maximum Gasteiger partial charge on any atom is 0.222 e. The van der Waals surface area contributed by atoms with Crippen LogP contribution < -0.4 is 20.1 Å². The van der Waals surface area contributed by atoms with Gasteiger partial charge in [-0.1, -0.05) is 6.07 Å². The lowest BCUT2D eigenvalue weighted by Crippen LogP contribution is -2.33. The largest absolute Gasteiger partial charge is 0.490 e. The van der Waals surface area contributed by atoms with Crippen LogP contribution in [-0.4, -0.2) is 31.7 Å². The molecule has 0 bridgehead atoms. The van der Waals surface area contributed by atoms with Gasteiger partial charge in [-0.25, -0.2) is 0 Å². The average molecular weight is 320 g/mol. The van der Waals surface area contributed by atoms with E-state index in [1.165, 1.54) is 0 Å². The van der Waals surface area contributed by atoms with Gasteiger partial charge in [0.05, 0.1) is 19.3 Å². The molecule has 0 radical (unpaired) electrons. The van der Waals surface area contributed by atoms with E-state index in [4.69, 9.17) is 9.47 Å². The number of hydrogen-bond acceptors (Lipinski definition) is 4. The number of carbonyl (C=O) groups is 1. The second-order valence-corrected chi connectivity index (χ2v) is 5.86. The van der Waals surface area contributed by atoms with Crippen molar-refractivity contribution in [1.29, 1.82) is 0 Å². The molecule has 0 aliphatic carbocycles. The summed E-state index contributed by atoms with van der Waals surface area (Å²) >= 11 is 0. The molecule has 23 heavy (non-hydrogen) atoms. The number of rotatable bonds is 8. The van der Waals surface area contributed by atoms with Crippen LogP contribution in [0.4, 0.5) is 0 Å². The van der Waals surface area contributed by atoms with Crippen molar-refractivity contribution < 1.29 is 14.3 Å². The van der Waals surface area contributed by atoms with E-state index < -0.39 is 0 Å². The number of nitrogens with one attached hydrogen (secondary N) is 2. The zero-order valence-electron chi connectivity index (χ0n) is 14.4. The first kappa shape index (κ1) is 17.6. The van der Waals surface area contributed by atoms with Gasteiger partial charge in [-0.2, -0.15) is 0 Å². The Morgan fingerprint density at radius 3 is 2.70 bits per heavy atom. The first-order chi connectivity index (χ1) is 11.1. The quantitative estimate of drug-likeness (QED) is 0.773. The highest BCUT2D eigenvalue weighted by atomic mass is 16.5. The Bertz CT molecular complexity index is 513. The van der Waals surface area contributed by atoms with E-state index in [1.807, 2.05) is 39.0 Å². The highest BCUT2D eigenvalue weighted by Gasteiger charge is 2.19. The van der Waals surface area contributed by atoms with Gasteiger partial charge in [-0.15, -0.1) is 0 Å². The third-order valence-electron chi connectivity index (χ3n) is 4.04. The van der Waals surface area contributed by atoms with Crippen LogP contribution in [0.2, 0.25) is 0 Å². The number of carbonyl (C=O) groups excluding carboxylic acids is 1. The Morgan fingerprint density at radius 2 is 2.04 bits per heavy atom. The van der Waals surface area contributed by atoms with Gasteiger partial charge >= 0.3 is 0 Å².